The van der Waals surface area contributed by atoms with Crippen LogP contribution in [0.1, 0.15) is 28.7 Å². The molecule has 0 N–H and O–H groups in total. The number of carbonyl (C=O) groups is 1. The van der Waals surface area contributed by atoms with E-state index in [2.05, 4.69) is 0 Å². The first kappa shape index (κ1) is 21.3. The molecule has 7 nitrogen and oxygen atoms in total. The Balaban J connectivity index is 1.76. The molecule has 9 heteroatoms. The highest BCUT2D eigenvalue weighted by molar-refractivity contribution is 7.91. The van der Waals surface area contributed by atoms with E-state index >= 15 is 0 Å². The minimum atomic E-state index is -3.66. The highest BCUT2D eigenvalue weighted by Crippen LogP contribution is 2.29. The molecule has 0 aliphatic carbocycles. The fraction of sp³-hybridized carbons (Fsp3) is 0.632. The van der Waals surface area contributed by atoms with Crippen molar-refractivity contribution in [3.8, 4) is 0 Å². The fourth-order valence-corrected chi connectivity index (χ4v) is 7.82. The van der Waals surface area contributed by atoms with E-state index in [4.69, 9.17) is 0 Å². The van der Waals surface area contributed by atoms with Crippen LogP contribution in [0.3, 0.4) is 0 Å². The molecule has 0 unspecified atom stereocenters. The number of hydrogen-bond acceptors (Lipinski definition) is 5. The molecule has 0 bridgehead atoms. The van der Waals surface area contributed by atoms with Crippen molar-refractivity contribution in [2.75, 3.05) is 37.7 Å². The number of nitrogens with zero attached hydrogens (tertiary/aromatic N) is 2. The third kappa shape index (κ3) is 3.84. The zero-order valence-electron chi connectivity index (χ0n) is 16.9. The van der Waals surface area contributed by atoms with Crippen LogP contribution >= 0.6 is 0 Å². The maximum atomic E-state index is 13.3. The summed E-state index contributed by atoms with van der Waals surface area (Å²) in [5.41, 5.74) is 3.41. The number of benzene rings is 1. The second-order valence-electron chi connectivity index (χ2n) is 7.92. The van der Waals surface area contributed by atoms with Gasteiger partial charge in [0.25, 0.3) is 0 Å². The molecule has 2 saturated heterocycles. The first-order valence-corrected chi connectivity index (χ1v) is 12.8. The summed E-state index contributed by atoms with van der Waals surface area (Å²) >= 11 is 0. The van der Waals surface area contributed by atoms with E-state index in [-0.39, 0.29) is 43.6 Å². The largest absolute Gasteiger partial charge is 0.340 e. The molecule has 2 heterocycles. The van der Waals surface area contributed by atoms with Gasteiger partial charge in [-0.3, -0.25) is 4.79 Å². The Morgan fingerprint density at radius 3 is 2.00 bits per heavy atom. The Hall–Kier alpha value is -1.45. The molecule has 0 spiro atoms. The van der Waals surface area contributed by atoms with Gasteiger partial charge in [-0.15, -0.1) is 0 Å². The number of sulfone groups is 1. The topological polar surface area (TPSA) is 91.8 Å². The van der Waals surface area contributed by atoms with Crippen LogP contribution in [-0.4, -0.2) is 69.6 Å². The summed E-state index contributed by atoms with van der Waals surface area (Å²) in [5.74, 6) is -0.692. The third-order valence-corrected chi connectivity index (χ3v) is 9.97. The van der Waals surface area contributed by atoms with Crippen LogP contribution in [0.2, 0.25) is 0 Å². The van der Waals surface area contributed by atoms with Crippen LogP contribution in [0.15, 0.2) is 11.0 Å². The van der Waals surface area contributed by atoms with Crippen molar-refractivity contribution in [3.63, 3.8) is 0 Å². The van der Waals surface area contributed by atoms with Gasteiger partial charge in [-0.2, -0.15) is 4.31 Å². The molecule has 1 aromatic rings. The van der Waals surface area contributed by atoms with Gasteiger partial charge in [0.2, 0.25) is 15.9 Å². The van der Waals surface area contributed by atoms with Crippen molar-refractivity contribution < 1.29 is 21.6 Å². The summed E-state index contributed by atoms with van der Waals surface area (Å²) in [4.78, 5) is 14.6. The molecule has 0 saturated carbocycles. The van der Waals surface area contributed by atoms with Gasteiger partial charge in [-0.25, -0.2) is 16.8 Å². The van der Waals surface area contributed by atoms with Crippen LogP contribution < -0.4 is 0 Å². The van der Waals surface area contributed by atoms with Gasteiger partial charge in [0.1, 0.15) is 0 Å². The number of hydrogen-bond donors (Lipinski definition) is 0. The Kier molecular flexibility index (Phi) is 5.64. The van der Waals surface area contributed by atoms with Gasteiger partial charge in [0.05, 0.1) is 22.3 Å². The standard InChI is InChI=1S/C19H28N2O5S2/c1-13-11-14(2)16(4)18(15(13)3)28(25,26)21-8-6-20(7-9-21)19(22)17-5-10-27(23,24)12-17/h11,17H,5-10,12H2,1-4H3/t17-/m0/s1. The summed E-state index contributed by atoms with van der Waals surface area (Å²) in [6, 6.07) is 2.00. The van der Waals surface area contributed by atoms with Gasteiger partial charge in [-0.1, -0.05) is 6.07 Å². The molecule has 2 fully saturated rings. The van der Waals surface area contributed by atoms with E-state index in [0.717, 1.165) is 22.3 Å². The van der Waals surface area contributed by atoms with E-state index in [1.165, 1.54) is 4.31 Å². The monoisotopic (exact) mass is 428 g/mol. The Morgan fingerprint density at radius 1 is 1.00 bits per heavy atom. The Labute approximate surface area is 167 Å². The quantitative estimate of drug-likeness (QED) is 0.721. The Bertz CT molecular complexity index is 981. The van der Waals surface area contributed by atoms with Crippen LogP contribution in [0.25, 0.3) is 0 Å². The minimum Gasteiger partial charge on any atom is -0.340 e. The van der Waals surface area contributed by atoms with Crippen molar-refractivity contribution in [1.29, 1.82) is 0 Å². The fourth-order valence-electron chi connectivity index (χ4n) is 4.09. The molecule has 0 aromatic heterocycles. The van der Waals surface area contributed by atoms with E-state index in [1.807, 2.05) is 33.8 Å². The number of aryl methyl sites for hydroxylation is 2. The van der Waals surface area contributed by atoms with Crippen molar-refractivity contribution >= 4 is 25.8 Å². The molecule has 0 radical (unpaired) electrons. The van der Waals surface area contributed by atoms with E-state index < -0.39 is 25.8 Å². The number of sulfonamides is 1. The zero-order chi connectivity index (χ0) is 20.9. The number of piperazine rings is 1. The second kappa shape index (κ2) is 7.42. The molecule has 1 amide bonds. The highest BCUT2D eigenvalue weighted by atomic mass is 32.2. The van der Waals surface area contributed by atoms with Gasteiger partial charge in [0, 0.05) is 26.2 Å². The lowest BCUT2D eigenvalue weighted by Crippen LogP contribution is -2.52. The van der Waals surface area contributed by atoms with Crippen molar-refractivity contribution in [2.45, 2.75) is 39.0 Å². The van der Waals surface area contributed by atoms with E-state index in [9.17, 15) is 21.6 Å². The molecule has 28 heavy (non-hydrogen) atoms. The Morgan fingerprint density at radius 2 is 1.54 bits per heavy atom. The summed E-state index contributed by atoms with van der Waals surface area (Å²) in [7, 11) is -6.78. The smallest absolute Gasteiger partial charge is 0.243 e. The predicted molar refractivity (Wildman–Crippen MR) is 107 cm³/mol. The number of amides is 1. The lowest BCUT2D eigenvalue weighted by molar-refractivity contribution is -0.135. The number of rotatable bonds is 3. The van der Waals surface area contributed by atoms with Gasteiger partial charge in [0.15, 0.2) is 9.84 Å². The zero-order valence-corrected chi connectivity index (χ0v) is 18.5. The van der Waals surface area contributed by atoms with Gasteiger partial charge in [-0.05, 0) is 56.4 Å². The molecule has 1 atom stereocenters. The van der Waals surface area contributed by atoms with Gasteiger partial charge >= 0.3 is 0 Å². The third-order valence-electron chi connectivity index (χ3n) is 6.03. The molecule has 2 aliphatic heterocycles. The van der Waals surface area contributed by atoms with Crippen LogP contribution in [-0.2, 0) is 24.7 Å². The molecule has 156 valence electrons. The molecular weight excluding hydrogens is 400 g/mol. The first-order chi connectivity index (χ1) is 12.9. The van der Waals surface area contributed by atoms with Crippen molar-refractivity contribution in [2.24, 2.45) is 5.92 Å². The molecule has 3 rings (SSSR count). The van der Waals surface area contributed by atoms with Crippen molar-refractivity contribution in [3.05, 3.63) is 28.3 Å². The summed E-state index contributed by atoms with van der Waals surface area (Å²) < 4.78 is 51.3. The normalized spacial score (nSPS) is 23.1. The lowest BCUT2D eigenvalue weighted by atomic mass is 10.0. The SMILES string of the molecule is Cc1cc(C)c(C)c(S(=O)(=O)N2CCN(C(=O)[C@H]3CCS(=O)(=O)C3)CC2)c1C. The van der Waals surface area contributed by atoms with E-state index in [0.29, 0.717) is 11.3 Å². The van der Waals surface area contributed by atoms with Crippen LogP contribution in [0.5, 0.6) is 0 Å². The van der Waals surface area contributed by atoms with Crippen LogP contribution in [0.4, 0.5) is 0 Å². The maximum Gasteiger partial charge on any atom is 0.243 e. The lowest BCUT2D eigenvalue weighted by Gasteiger charge is -2.35. The molecule has 2 aliphatic rings. The summed E-state index contributed by atoms with van der Waals surface area (Å²) in [5, 5.41) is 0. The maximum absolute atomic E-state index is 13.3. The average Bonchev–Trinajstić information content (AvgIpc) is 2.99. The summed E-state index contributed by atoms with van der Waals surface area (Å²) in [6.45, 7) is 8.50. The van der Waals surface area contributed by atoms with Crippen LogP contribution in [0, 0.1) is 33.6 Å². The van der Waals surface area contributed by atoms with Crippen molar-refractivity contribution in [1.82, 2.24) is 9.21 Å². The highest BCUT2D eigenvalue weighted by Gasteiger charge is 2.38. The van der Waals surface area contributed by atoms with Gasteiger partial charge < -0.3 is 4.90 Å². The first-order valence-electron chi connectivity index (χ1n) is 9.51. The second-order valence-corrected chi connectivity index (χ2v) is 12.0. The predicted octanol–water partition coefficient (Wildman–Crippen LogP) is 1.19. The number of carbonyl (C=O) groups excluding carboxylic acids is 1. The summed E-state index contributed by atoms with van der Waals surface area (Å²) in [6.07, 6.45) is 0.362. The average molecular weight is 429 g/mol. The molecular formula is C19H28N2O5S2. The van der Waals surface area contributed by atoms with E-state index in [1.54, 1.807) is 4.90 Å². The minimum absolute atomic E-state index is 0.0585. The molecule has 1 aromatic carbocycles.